The number of hydrogen-bond donors (Lipinski definition) is 2. The van der Waals surface area contributed by atoms with Crippen LogP contribution in [0.2, 0.25) is 0 Å². The maximum Gasteiger partial charge on any atom is 0.258 e. The summed E-state index contributed by atoms with van der Waals surface area (Å²) in [6, 6.07) is 23.2. The topological polar surface area (TPSA) is 64.7 Å². The van der Waals surface area contributed by atoms with Gasteiger partial charge in [0, 0.05) is 28.5 Å². The van der Waals surface area contributed by atoms with Crippen molar-refractivity contribution < 1.29 is 9.59 Å². The standard InChI is InChI=1S/C26H25BrN4O2/c1-30(2)16-23(32)31(3)20-12-10-19(11-13-20)28-25(17-7-5-4-6-8-17)24-21-14-9-18(27)15-22(21)29-26(24)33/h4-15,28H,16H2,1-3H3,(H,29,33)/b25-24-. The first-order chi connectivity index (χ1) is 15.8. The maximum atomic E-state index is 13.0. The monoisotopic (exact) mass is 504 g/mol. The van der Waals surface area contributed by atoms with Crippen molar-refractivity contribution in [1.29, 1.82) is 0 Å². The number of amides is 2. The van der Waals surface area contributed by atoms with Crippen LogP contribution in [0.3, 0.4) is 0 Å². The van der Waals surface area contributed by atoms with Gasteiger partial charge >= 0.3 is 0 Å². The molecule has 4 rings (SSSR count). The second-order valence-electron chi connectivity index (χ2n) is 8.12. The fraction of sp³-hybridized carbons (Fsp3) is 0.154. The van der Waals surface area contributed by atoms with E-state index in [4.69, 9.17) is 0 Å². The Bertz CT molecular complexity index is 1220. The second-order valence-corrected chi connectivity index (χ2v) is 9.04. The van der Waals surface area contributed by atoms with E-state index >= 15 is 0 Å². The van der Waals surface area contributed by atoms with Gasteiger partial charge in [-0.3, -0.25) is 9.59 Å². The third-order valence-electron chi connectivity index (χ3n) is 5.39. The summed E-state index contributed by atoms with van der Waals surface area (Å²) in [5.41, 5.74) is 5.45. The van der Waals surface area contributed by atoms with E-state index in [1.807, 2.05) is 91.8 Å². The predicted octanol–water partition coefficient (Wildman–Crippen LogP) is 4.91. The molecule has 2 N–H and O–H groups in total. The van der Waals surface area contributed by atoms with Gasteiger partial charge < -0.3 is 20.4 Å². The number of rotatable bonds is 6. The first-order valence-corrected chi connectivity index (χ1v) is 11.3. The Labute approximate surface area is 202 Å². The molecular weight excluding hydrogens is 480 g/mol. The Morgan fingerprint density at radius 2 is 1.67 bits per heavy atom. The molecule has 7 heteroatoms. The molecule has 3 aromatic rings. The largest absolute Gasteiger partial charge is 0.354 e. The van der Waals surface area contributed by atoms with Crippen molar-refractivity contribution in [3.8, 4) is 0 Å². The minimum absolute atomic E-state index is 0.0122. The van der Waals surface area contributed by atoms with E-state index in [0.717, 1.165) is 38.4 Å². The number of nitrogens with one attached hydrogen (secondary N) is 2. The highest BCUT2D eigenvalue weighted by Crippen LogP contribution is 2.38. The number of carbonyl (C=O) groups is 2. The molecule has 0 saturated heterocycles. The van der Waals surface area contributed by atoms with Crippen LogP contribution in [0.1, 0.15) is 11.1 Å². The molecule has 0 bridgehead atoms. The van der Waals surface area contributed by atoms with E-state index in [0.29, 0.717) is 12.1 Å². The van der Waals surface area contributed by atoms with Gasteiger partial charge in [0.2, 0.25) is 5.91 Å². The number of likely N-dealkylation sites (N-methyl/N-ethyl adjacent to an activating group) is 2. The smallest absolute Gasteiger partial charge is 0.258 e. The van der Waals surface area contributed by atoms with Gasteiger partial charge in [-0.1, -0.05) is 52.3 Å². The Hall–Kier alpha value is -3.42. The van der Waals surface area contributed by atoms with Crippen molar-refractivity contribution in [3.05, 3.63) is 88.4 Å². The van der Waals surface area contributed by atoms with E-state index in [1.54, 1.807) is 11.9 Å². The van der Waals surface area contributed by atoms with Gasteiger partial charge in [0.05, 0.1) is 23.5 Å². The predicted molar refractivity (Wildman–Crippen MR) is 138 cm³/mol. The Morgan fingerprint density at radius 1 is 0.970 bits per heavy atom. The van der Waals surface area contributed by atoms with Crippen molar-refractivity contribution in [2.75, 3.05) is 43.2 Å². The molecule has 0 atom stereocenters. The van der Waals surface area contributed by atoms with Gasteiger partial charge in [-0.25, -0.2) is 0 Å². The fourth-order valence-corrected chi connectivity index (χ4v) is 4.07. The maximum absolute atomic E-state index is 13.0. The summed E-state index contributed by atoms with van der Waals surface area (Å²) in [5.74, 6) is -0.140. The molecule has 0 unspecified atom stereocenters. The van der Waals surface area contributed by atoms with E-state index in [2.05, 4.69) is 26.6 Å². The van der Waals surface area contributed by atoms with Crippen LogP contribution in [0.25, 0.3) is 11.3 Å². The zero-order valence-electron chi connectivity index (χ0n) is 18.7. The first-order valence-electron chi connectivity index (χ1n) is 10.5. The SMILES string of the molecule is CN(C)CC(=O)N(C)c1ccc(N/C(=C2\C(=O)Nc3cc(Br)ccc32)c2ccccc2)cc1. The molecule has 0 fully saturated rings. The van der Waals surface area contributed by atoms with Crippen LogP contribution < -0.4 is 15.5 Å². The zero-order chi connectivity index (χ0) is 23.5. The molecule has 168 valence electrons. The van der Waals surface area contributed by atoms with Crippen LogP contribution in [-0.2, 0) is 9.59 Å². The molecule has 0 saturated carbocycles. The van der Waals surface area contributed by atoms with Crippen molar-refractivity contribution in [2.24, 2.45) is 0 Å². The average Bonchev–Trinajstić information content (AvgIpc) is 3.12. The van der Waals surface area contributed by atoms with Gasteiger partial charge in [-0.15, -0.1) is 0 Å². The molecule has 0 aliphatic carbocycles. The molecule has 0 radical (unpaired) electrons. The van der Waals surface area contributed by atoms with Crippen LogP contribution in [0.15, 0.2) is 77.3 Å². The molecule has 1 heterocycles. The summed E-state index contributed by atoms with van der Waals surface area (Å²) < 4.78 is 0.903. The number of hydrogen-bond acceptors (Lipinski definition) is 4. The molecule has 33 heavy (non-hydrogen) atoms. The van der Waals surface area contributed by atoms with Crippen molar-refractivity contribution in [2.45, 2.75) is 0 Å². The number of fused-ring (bicyclic) bond motifs is 1. The van der Waals surface area contributed by atoms with E-state index < -0.39 is 0 Å². The minimum Gasteiger partial charge on any atom is -0.354 e. The first kappa shape index (κ1) is 22.8. The van der Waals surface area contributed by atoms with Crippen molar-refractivity contribution >= 4 is 56.1 Å². The second kappa shape index (κ2) is 9.60. The van der Waals surface area contributed by atoms with Crippen LogP contribution in [0, 0.1) is 0 Å². The van der Waals surface area contributed by atoms with Gasteiger partial charge in [-0.05, 0) is 56.1 Å². The Balaban J connectivity index is 1.70. The fourth-order valence-electron chi connectivity index (χ4n) is 3.71. The quantitative estimate of drug-likeness (QED) is 0.468. The minimum atomic E-state index is -0.153. The summed E-state index contributed by atoms with van der Waals surface area (Å²) in [6.07, 6.45) is 0. The number of nitrogens with zero attached hydrogens (tertiary/aromatic N) is 2. The van der Waals surface area contributed by atoms with Crippen LogP contribution >= 0.6 is 15.9 Å². The highest BCUT2D eigenvalue weighted by Gasteiger charge is 2.28. The molecule has 0 aromatic heterocycles. The molecular formula is C26H25BrN4O2. The van der Waals surface area contributed by atoms with E-state index in [1.165, 1.54) is 0 Å². The summed E-state index contributed by atoms with van der Waals surface area (Å²) in [5, 5.41) is 6.41. The lowest BCUT2D eigenvalue weighted by Crippen LogP contribution is -2.34. The lowest BCUT2D eigenvalue weighted by atomic mass is 10.00. The molecule has 1 aliphatic rings. The van der Waals surface area contributed by atoms with Crippen LogP contribution in [-0.4, -0.2) is 44.4 Å². The summed E-state index contributed by atoms with van der Waals surface area (Å²) in [7, 11) is 5.50. The summed E-state index contributed by atoms with van der Waals surface area (Å²) in [6.45, 7) is 0.339. The van der Waals surface area contributed by atoms with E-state index in [9.17, 15) is 9.59 Å². The highest BCUT2D eigenvalue weighted by atomic mass is 79.9. The Morgan fingerprint density at radius 3 is 2.33 bits per heavy atom. The third-order valence-corrected chi connectivity index (χ3v) is 5.88. The summed E-state index contributed by atoms with van der Waals surface area (Å²) in [4.78, 5) is 28.8. The lowest BCUT2D eigenvalue weighted by Gasteiger charge is -2.20. The molecule has 2 amide bonds. The summed E-state index contributed by atoms with van der Waals surface area (Å²) >= 11 is 3.47. The van der Waals surface area contributed by atoms with Gasteiger partial charge in [0.1, 0.15) is 0 Å². The molecule has 6 nitrogen and oxygen atoms in total. The van der Waals surface area contributed by atoms with Crippen molar-refractivity contribution in [3.63, 3.8) is 0 Å². The molecule has 3 aromatic carbocycles. The van der Waals surface area contributed by atoms with Crippen LogP contribution in [0.4, 0.5) is 17.1 Å². The van der Waals surface area contributed by atoms with Crippen molar-refractivity contribution in [1.82, 2.24) is 4.90 Å². The average molecular weight is 505 g/mol. The number of anilines is 3. The highest BCUT2D eigenvalue weighted by molar-refractivity contribution is 9.10. The third kappa shape index (κ3) is 4.99. The number of halogens is 1. The van der Waals surface area contributed by atoms with Gasteiger partial charge in [0.15, 0.2) is 0 Å². The van der Waals surface area contributed by atoms with Gasteiger partial charge in [-0.2, -0.15) is 0 Å². The normalized spacial score (nSPS) is 14.0. The lowest BCUT2D eigenvalue weighted by molar-refractivity contribution is -0.119. The zero-order valence-corrected chi connectivity index (χ0v) is 20.3. The number of carbonyl (C=O) groups excluding carboxylic acids is 2. The van der Waals surface area contributed by atoms with Gasteiger partial charge in [0.25, 0.3) is 5.91 Å². The van der Waals surface area contributed by atoms with Crippen LogP contribution in [0.5, 0.6) is 0 Å². The molecule has 1 aliphatic heterocycles. The van der Waals surface area contributed by atoms with E-state index in [-0.39, 0.29) is 11.8 Å². The Kier molecular flexibility index (Phi) is 6.62. The number of benzene rings is 3. The molecule has 0 spiro atoms.